The summed E-state index contributed by atoms with van der Waals surface area (Å²) in [4.78, 5) is 12.0. The first-order valence-corrected chi connectivity index (χ1v) is 8.15. The summed E-state index contributed by atoms with van der Waals surface area (Å²) in [6.45, 7) is 3.55. The molecule has 0 aliphatic carbocycles. The first-order valence-electron chi connectivity index (χ1n) is 8.15. The van der Waals surface area contributed by atoms with Crippen LogP contribution in [0.3, 0.4) is 0 Å². The van der Waals surface area contributed by atoms with E-state index in [0.717, 1.165) is 11.3 Å². The van der Waals surface area contributed by atoms with Gasteiger partial charge in [-0.15, -0.1) is 0 Å². The van der Waals surface area contributed by atoms with E-state index in [1.807, 2.05) is 49.4 Å². The van der Waals surface area contributed by atoms with Gasteiger partial charge in [0.1, 0.15) is 18.1 Å². The molecule has 5 heteroatoms. The molecule has 25 heavy (non-hydrogen) atoms. The number of methoxy groups -OCH3 is 1. The van der Waals surface area contributed by atoms with Crippen LogP contribution in [0, 0.1) is 0 Å². The summed E-state index contributed by atoms with van der Waals surface area (Å²) < 4.78 is 15.9. The number of benzene rings is 2. The molecule has 0 aliphatic heterocycles. The van der Waals surface area contributed by atoms with Crippen molar-refractivity contribution in [3.05, 3.63) is 60.2 Å². The fourth-order valence-corrected chi connectivity index (χ4v) is 2.10. The van der Waals surface area contributed by atoms with Crippen molar-refractivity contribution in [3.63, 3.8) is 0 Å². The lowest BCUT2D eigenvalue weighted by Gasteiger charge is -2.08. The molecular formula is C20H23NO4. The Morgan fingerprint density at radius 1 is 1.04 bits per heavy atom. The summed E-state index contributed by atoms with van der Waals surface area (Å²) in [5.41, 5.74) is 1.60. The highest BCUT2D eigenvalue weighted by molar-refractivity contribution is 6.02. The maximum atomic E-state index is 12.0. The first kappa shape index (κ1) is 18.5. The quantitative estimate of drug-likeness (QED) is 0.557. The lowest BCUT2D eigenvalue weighted by Crippen LogP contribution is -2.08. The van der Waals surface area contributed by atoms with Gasteiger partial charge in [0, 0.05) is 24.9 Å². The molecule has 1 N–H and O–H groups in total. The van der Waals surface area contributed by atoms with Crippen LogP contribution in [0.5, 0.6) is 11.5 Å². The van der Waals surface area contributed by atoms with Gasteiger partial charge in [0.2, 0.25) is 5.91 Å². The predicted molar refractivity (Wildman–Crippen MR) is 99.1 cm³/mol. The zero-order valence-electron chi connectivity index (χ0n) is 14.5. The lowest BCUT2D eigenvalue weighted by atomic mass is 10.2. The molecule has 0 spiro atoms. The Bertz CT molecular complexity index is 695. The summed E-state index contributed by atoms with van der Waals surface area (Å²) in [6.07, 6.45) is 3.25. The van der Waals surface area contributed by atoms with Gasteiger partial charge >= 0.3 is 0 Å². The molecule has 0 aromatic heterocycles. The van der Waals surface area contributed by atoms with Gasteiger partial charge in [-0.3, -0.25) is 4.79 Å². The zero-order valence-corrected chi connectivity index (χ0v) is 14.5. The number of nitrogens with one attached hydrogen (secondary N) is 1. The fraction of sp³-hybridized carbons (Fsp3) is 0.250. The van der Waals surface area contributed by atoms with Crippen molar-refractivity contribution in [1.82, 2.24) is 0 Å². The fourth-order valence-electron chi connectivity index (χ4n) is 2.10. The summed E-state index contributed by atoms with van der Waals surface area (Å²) in [5, 5.41) is 2.81. The topological polar surface area (TPSA) is 56.8 Å². The Kier molecular flexibility index (Phi) is 7.53. The molecule has 0 unspecified atom stereocenters. The largest absolute Gasteiger partial charge is 0.494 e. The van der Waals surface area contributed by atoms with Crippen molar-refractivity contribution in [2.45, 2.75) is 6.92 Å². The van der Waals surface area contributed by atoms with E-state index in [4.69, 9.17) is 14.2 Å². The zero-order chi connectivity index (χ0) is 17.9. The third-order valence-electron chi connectivity index (χ3n) is 3.28. The van der Waals surface area contributed by atoms with E-state index in [0.29, 0.717) is 31.3 Å². The average molecular weight is 341 g/mol. The molecule has 1 amide bonds. The molecule has 2 aromatic rings. The maximum absolute atomic E-state index is 12.0. The Hall–Kier alpha value is -2.79. The normalized spacial score (nSPS) is 10.6. The number of ether oxygens (including phenoxy) is 3. The molecule has 2 rings (SSSR count). The highest BCUT2D eigenvalue weighted by atomic mass is 16.5. The van der Waals surface area contributed by atoms with Crippen LogP contribution >= 0.6 is 0 Å². The number of amides is 1. The van der Waals surface area contributed by atoms with Crippen LogP contribution in [0.4, 0.5) is 5.69 Å². The highest BCUT2D eigenvalue weighted by Gasteiger charge is 2.01. The molecule has 0 bridgehead atoms. The lowest BCUT2D eigenvalue weighted by molar-refractivity contribution is -0.111. The van der Waals surface area contributed by atoms with Crippen molar-refractivity contribution in [2.24, 2.45) is 0 Å². The van der Waals surface area contributed by atoms with Crippen LogP contribution in [0.15, 0.2) is 54.6 Å². The molecule has 0 aliphatic rings. The molecule has 0 saturated carbocycles. The van der Waals surface area contributed by atoms with Crippen molar-refractivity contribution in [1.29, 1.82) is 0 Å². The van der Waals surface area contributed by atoms with E-state index in [1.165, 1.54) is 6.08 Å². The maximum Gasteiger partial charge on any atom is 0.248 e. The van der Waals surface area contributed by atoms with Crippen molar-refractivity contribution in [3.8, 4) is 11.5 Å². The van der Waals surface area contributed by atoms with Gasteiger partial charge in [-0.25, -0.2) is 0 Å². The first-order chi connectivity index (χ1) is 12.2. The second-order valence-corrected chi connectivity index (χ2v) is 5.19. The van der Waals surface area contributed by atoms with Crippen LogP contribution in [-0.4, -0.2) is 32.8 Å². The number of hydrogen-bond donors (Lipinski definition) is 1. The molecule has 0 radical (unpaired) electrons. The van der Waals surface area contributed by atoms with Gasteiger partial charge in [0.25, 0.3) is 0 Å². The van der Waals surface area contributed by atoms with Gasteiger partial charge in [0.15, 0.2) is 0 Å². The molecule has 0 atom stereocenters. The molecule has 2 aromatic carbocycles. The second kappa shape index (κ2) is 10.2. The average Bonchev–Trinajstić information content (AvgIpc) is 2.62. The van der Waals surface area contributed by atoms with E-state index in [2.05, 4.69) is 5.32 Å². The number of carbonyl (C=O) groups is 1. The monoisotopic (exact) mass is 341 g/mol. The number of rotatable bonds is 9. The van der Waals surface area contributed by atoms with E-state index >= 15 is 0 Å². The van der Waals surface area contributed by atoms with E-state index in [1.54, 1.807) is 19.3 Å². The standard InChI is InChI=1S/C20H23NO4/c1-3-24-18-10-7-16(8-11-18)9-12-20(22)21-17-5-4-6-19(15-17)25-14-13-23-2/h4-12,15H,3,13-14H2,1-2H3,(H,21,22)/b12-9+. The molecule has 0 heterocycles. The van der Waals surface area contributed by atoms with Crippen LogP contribution in [-0.2, 0) is 9.53 Å². The van der Waals surface area contributed by atoms with Gasteiger partial charge in [-0.05, 0) is 42.8 Å². The molecule has 0 saturated heterocycles. The Morgan fingerprint density at radius 2 is 1.84 bits per heavy atom. The minimum atomic E-state index is -0.206. The van der Waals surface area contributed by atoms with Crippen molar-refractivity contribution in [2.75, 3.05) is 32.2 Å². The van der Waals surface area contributed by atoms with Crippen LogP contribution in [0.2, 0.25) is 0 Å². The Balaban J connectivity index is 1.89. The number of hydrogen-bond acceptors (Lipinski definition) is 4. The summed E-state index contributed by atoms with van der Waals surface area (Å²) in [7, 11) is 1.62. The smallest absolute Gasteiger partial charge is 0.248 e. The third-order valence-corrected chi connectivity index (χ3v) is 3.28. The Labute approximate surface area is 148 Å². The van der Waals surface area contributed by atoms with Crippen LogP contribution in [0.25, 0.3) is 6.08 Å². The van der Waals surface area contributed by atoms with Gasteiger partial charge < -0.3 is 19.5 Å². The number of anilines is 1. The van der Waals surface area contributed by atoms with Crippen molar-refractivity contribution >= 4 is 17.7 Å². The van der Waals surface area contributed by atoms with Gasteiger partial charge in [-0.2, -0.15) is 0 Å². The summed E-state index contributed by atoms with van der Waals surface area (Å²) >= 11 is 0. The molecular weight excluding hydrogens is 318 g/mol. The van der Waals surface area contributed by atoms with Crippen LogP contribution < -0.4 is 14.8 Å². The molecule has 132 valence electrons. The van der Waals surface area contributed by atoms with Gasteiger partial charge in [0.05, 0.1) is 13.2 Å². The second-order valence-electron chi connectivity index (χ2n) is 5.19. The van der Waals surface area contributed by atoms with E-state index in [-0.39, 0.29) is 5.91 Å². The minimum absolute atomic E-state index is 0.206. The predicted octanol–water partition coefficient (Wildman–Crippen LogP) is 3.76. The summed E-state index contributed by atoms with van der Waals surface area (Å²) in [6, 6.07) is 14.8. The van der Waals surface area contributed by atoms with Crippen LogP contribution in [0.1, 0.15) is 12.5 Å². The SMILES string of the molecule is CCOc1ccc(/C=C/C(=O)Nc2cccc(OCCOC)c2)cc1. The third kappa shape index (κ3) is 6.69. The number of carbonyl (C=O) groups excluding carboxylic acids is 1. The van der Waals surface area contributed by atoms with Gasteiger partial charge in [-0.1, -0.05) is 18.2 Å². The van der Waals surface area contributed by atoms with Crippen molar-refractivity contribution < 1.29 is 19.0 Å². The minimum Gasteiger partial charge on any atom is -0.494 e. The van der Waals surface area contributed by atoms with E-state index < -0.39 is 0 Å². The molecule has 0 fully saturated rings. The van der Waals surface area contributed by atoms with E-state index in [9.17, 15) is 4.79 Å². The molecule has 5 nitrogen and oxygen atoms in total. The summed E-state index contributed by atoms with van der Waals surface area (Å²) in [5.74, 6) is 1.29. The Morgan fingerprint density at radius 3 is 2.56 bits per heavy atom. The highest BCUT2D eigenvalue weighted by Crippen LogP contribution is 2.17.